The molecule has 4 aromatic rings. The number of fused-ring (bicyclic) bond motifs is 1. The molecule has 3 aromatic heterocycles. The molecule has 5 nitrogen and oxygen atoms in total. The number of amidine groups is 1. The molecule has 1 aromatic carbocycles. The number of para-hydroxylation sites is 1. The second-order valence-electron chi connectivity index (χ2n) is 6.35. The Kier molecular flexibility index (Phi) is 5.78. The molecule has 0 aliphatic heterocycles. The predicted molar refractivity (Wildman–Crippen MR) is 121 cm³/mol. The number of aliphatic imine (C=N–C) groups is 1. The van der Waals surface area contributed by atoms with Crippen molar-refractivity contribution in [2.45, 2.75) is 30.1 Å². The van der Waals surface area contributed by atoms with Gasteiger partial charge in [0, 0.05) is 33.1 Å². The predicted octanol–water partition coefficient (Wildman–Crippen LogP) is 6.21. The minimum absolute atomic E-state index is 0.428. The molecule has 7 heteroatoms. The number of nitrogens with zero attached hydrogens (tertiary/aromatic N) is 3. The van der Waals surface area contributed by atoms with Crippen molar-refractivity contribution >= 4 is 45.0 Å². The van der Waals surface area contributed by atoms with Crippen molar-refractivity contribution in [3.8, 4) is 11.5 Å². The maximum Gasteiger partial charge on any atom is 0.197 e. The number of thiophene rings is 1. The van der Waals surface area contributed by atoms with E-state index < -0.39 is 0 Å². The number of hydrogen-bond acceptors (Lipinski definition) is 6. The highest BCUT2D eigenvalue weighted by molar-refractivity contribution is 7.99. The molecule has 4 rings (SSSR count). The fourth-order valence-corrected chi connectivity index (χ4v) is 4.83. The van der Waals surface area contributed by atoms with Crippen LogP contribution in [-0.4, -0.2) is 15.8 Å². The summed E-state index contributed by atoms with van der Waals surface area (Å²) in [5.74, 6) is 2.18. The number of benzene rings is 1. The van der Waals surface area contributed by atoms with E-state index in [4.69, 9.17) is 10.5 Å². The van der Waals surface area contributed by atoms with E-state index in [2.05, 4.69) is 28.0 Å². The summed E-state index contributed by atoms with van der Waals surface area (Å²) < 4.78 is 7.24. The van der Waals surface area contributed by atoms with Crippen molar-refractivity contribution in [1.29, 1.82) is 0 Å². The van der Waals surface area contributed by atoms with E-state index in [1.165, 1.54) is 9.58 Å². The zero-order valence-corrected chi connectivity index (χ0v) is 17.8. The van der Waals surface area contributed by atoms with Gasteiger partial charge in [0.1, 0.15) is 5.75 Å². The largest absolute Gasteiger partial charge is 0.453 e. The summed E-state index contributed by atoms with van der Waals surface area (Å²) in [6.45, 7) is 3.89. The highest BCUT2D eigenvalue weighted by atomic mass is 32.2. The van der Waals surface area contributed by atoms with Crippen LogP contribution in [0.4, 0.5) is 5.82 Å². The molecule has 146 valence electrons. The zero-order valence-electron chi connectivity index (χ0n) is 16.1. The van der Waals surface area contributed by atoms with E-state index in [1.807, 2.05) is 48.7 Å². The molecule has 0 saturated carbocycles. The quantitative estimate of drug-likeness (QED) is 0.297. The summed E-state index contributed by atoms with van der Waals surface area (Å²) in [7, 11) is 0. The fourth-order valence-electron chi connectivity index (χ4n) is 2.76. The Labute approximate surface area is 177 Å². The van der Waals surface area contributed by atoms with E-state index in [0.717, 1.165) is 27.5 Å². The Bertz CT molecular complexity index is 1170. The van der Waals surface area contributed by atoms with Crippen LogP contribution in [0.5, 0.6) is 11.5 Å². The van der Waals surface area contributed by atoms with Crippen LogP contribution in [0.2, 0.25) is 0 Å². The lowest BCUT2D eigenvalue weighted by molar-refractivity contribution is 0.480. The van der Waals surface area contributed by atoms with Crippen LogP contribution < -0.4 is 10.5 Å². The lowest BCUT2D eigenvalue weighted by atomic mass is 10.3. The molecule has 0 bridgehead atoms. The van der Waals surface area contributed by atoms with Gasteiger partial charge in [0.15, 0.2) is 11.6 Å². The van der Waals surface area contributed by atoms with Gasteiger partial charge in [0.2, 0.25) is 0 Å². The van der Waals surface area contributed by atoms with Crippen molar-refractivity contribution in [1.82, 2.24) is 9.97 Å². The summed E-state index contributed by atoms with van der Waals surface area (Å²) in [5, 5.41) is 0. The summed E-state index contributed by atoms with van der Waals surface area (Å²) in [6.07, 6.45) is 4.65. The smallest absolute Gasteiger partial charge is 0.197 e. The molecule has 0 amide bonds. The number of aryl methyl sites for hydroxylation is 1. The minimum atomic E-state index is 0.428. The van der Waals surface area contributed by atoms with Gasteiger partial charge in [-0.2, -0.15) is 0 Å². The first-order chi connectivity index (χ1) is 14.1. The van der Waals surface area contributed by atoms with Crippen molar-refractivity contribution < 1.29 is 4.74 Å². The normalized spacial score (nSPS) is 11.7. The van der Waals surface area contributed by atoms with E-state index in [0.29, 0.717) is 17.4 Å². The van der Waals surface area contributed by atoms with Gasteiger partial charge in [-0.1, -0.05) is 36.9 Å². The second kappa shape index (κ2) is 8.63. The Balaban J connectivity index is 1.70. The molecule has 0 radical (unpaired) electrons. The molecule has 2 N–H and O–H groups in total. The number of nitrogens with two attached hydrogens (primary N) is 1. The van der Waals surface area contributed by atoms with Gasteiger partial charge in [0.25, 0.3) is 0 Å². The lowest BCUT2D eigenvalue weighted by Crippen LogP contribution is -2.04. The van der Waals surface area contributed by atoms with Crippen LogP contribution in [0.3, 0.4) is 0 Å². The van der Waals surface area contributed by atoms with Crippen LogP contribution in [0.1, 0.15) is 18.7 Å². The third-order valence-corrected chi connectivity index (χ3v) is 6.51. The van der Waals surface area contributed by atoms with Crippen molar-refractivity contribution in [3.63, 3.8) is 0 Å². The van der Waals surface area contributed by atoms with Crippen molar-refractivity contribution in [2.24, 2.45) is 10.7 Å². The summed E-state index contributed by atoms with van der Waals surface area (Å²) >= 11 is 3.43. The summed E-state index contributed by atoms with van der Waals surface area (Å²) in [6, 6.07) is 15.7. The molecule has 0 aliphatic carbocycles. The molecule has 0 spiro atoms. The van der Waals surface area contributed by atoms with E-state index in [-0.39, 0.29) is 0 Å². The monoisotopic (exact) mass is 420 g/mol. The molecule has 29 heavy (non-hydrogen) atoms. The van der Waals surface area contributed by atoms with Gasteiger partial charge < -0.3 is 10.5 Å². The van der Waals surface area contributed by atoms with Gasteiger partial charge in [0.05, 0.1) is 16.1 Å². The number of ether oxygens (including phenoxy) is 1. The highest BCUT2D eigenvalue weighted by Crippen LogP contribution is 2.40. The van der Waals surface area contributed by atoms with Crippen molar-refractivity contribution in [3.05, 3.63) is 65.8 Å². The number of pyridine rings is 2. The molecule has 0 atom stereocenters. The average Bonchev–Trinajstić information content (AvgIpc) is 3.15. The van der Waals surface area contributed by atoms with Gasteiger partial charge >= 0.3 is 0 Å². The first-order valence-corrected chi connectivity index (χ1v) is 10.8. The lowest BCUT2D eigenvalue weighted by Gasteiger charge is -2.10. The van der Waals surface area contributed by atoms with Gasteiger partial charge in [-0.3, -0.25) is 4.98 Å². The highest BCUT2D eigenvalue weighted by Gasteiger charge is 2.12. The number of aromatic nitrogens is 2. The molecule has 0 fully saturated rings. The van der Waals surface area contributed by atoms with Crippen LogP contribution in [0.15, 0.2) is 75.7 Å². The van der Waals surface area contributed by atoms with Gasteiger partial charge in [-0.15, -0.1) is 11.3 Å². The standard InChI is InChI=1S/C22H20N4OS2/c1-3-16-11-18-21(29-16)20(9-10-24-18)28-17-12-19(22(25-13-17)26-14(2)23)27-15-7-5-4-6-8-15/h4-13H,3H2,1-2H3,(H2,23,25,26). The Morgan fingerprint density at radius 2 is 2.00 bits per heavy atom. The fraction of sp³-hybridized carbons (Fsp3) is 0.136. The summed E-state index contributed by atoms with van der Waals surface area (Å²) in [4.78, 5) is 16.7. The van der Waals surface area contributed by atoms with E-state index in [1.54, 1.807) is 36.2 Å². The zero-order chi connectivity index (χ0) is 20.2. The molecule has 3 heterocycles. The van der Waals surface area contributed by atoms with E-state index in [9.17, 15) is 0 Å². The second-order valence-corrected chi connectivity index (χ2v) is 8.60. The van der Waals surface area contributed by atoms with Crippen LogP contribution in [0.25, 0.3) is 10.2 Å². The maximum absolute atomic E-state index is 6.05. The maximum atomic E-state index is 6.05. The first kappa shape index (κ1) is 19.4. The minimum Gasteiger partial charge on any atom is -0.453 e. The van der Waals surface area contributed by atoms with Crippen LogP contribution in [0, 0.1) is 0 Å². The van der Waals surface area contributed by atoms with Crippen molar-refractivity contribution in [2.75, 3.05) is 0 Å². The van der Waals surface area contributed by atoms with Crippen LogP contribution >= 0.6 is 23.1 Å². The molecular formula is C22H20N4OS2. The van der Waals surface area contributed by atoms with Gasteiger partial charge in [-0.25, -0.2) is 9.98 Å². The Morgan fingerprint density at radius 1 is 1.17 bits per heavy atom. The summed E-state index contributed by atoms with van der Waals surface area (Å²) in [5.41, 5.74) is 6.80. The van der Waals surface area contributed by atoms with E-state index >= 15 is 0 Å². The molecule has 0 saturated heterocycles. The Hall–Kier alpha value is -2.90. The third kappa shape index (κ3) is 4.58. The molecular weight excluding hydrogens is 400 g/mol. The molecule has 0 unspecified atom stereocenters. The Morgan fingerprint density at radius 3 is 2.76 bits per heavy atom. The number of rotatable bonds is 6. The average molecular weight is 421 g/mol. The van der Waals surface area contributed by atoms with Crippen LogP contribution in [-0.2, 0) is 6.42 Å². The third-order valence-electron chi connectivity index (χ3n) is 4.06. The number of hydrogen-bond donors (Lipinski definition) is 1. The SMILES string of the molecule is CCc1cc2nccc(Sc3cnc(/N=C(\C)N)c(Oc4ccccc4)c3)c2s1. The first-order valence-electron chi connectivity index (χ1n) is 9.21. The topological polar surface area (TPSA) is 73.4 Å². The molecule has 0 aliphatic rings. The van der Waals surface area contributed by atoms with Gasteiger partial charge in [-0.05, 0) is 37.6 Å².